The smallest absolute Gasteiger partial charge is 0.251 e. The number of rotatable bonds is 2. The zero-order chi connectivity index (χ0) is 12.4. The first kappa shape index (κ1) is 11.6. The average Bonchev–Trinajstić information content (AvgIpc) is 2.58. The van der Waals surface area contributed by atoms with Crippen LogP contribution in [0.1, 0.15) is 22.3 Å². The normalized spacial score (nSPS) is 19.5. The van der Waals surface area contributed by atoms with Crippen LogP contribution in [-0.2, 0) is 4.79 Å². The lowest BCUT2D eigenvalue weighted by atomic mass is 10.1. The molecular weight excluding hydrogens is 216 g/mol. The lowest BCUT2D eigenvalue weighted by Crippen LogP contribution is -2.36. The quantitative estimate of drug-likeness (QED) is 0.825. The summed E-state index contributed by atoms with van der Waals surface area (Å²) in [6, 6.07) is 7.37. The molecule has 1 unspecified atom stereocenters. The Bertz CT molecular complexity index is 456. The number of amides is 2. The molecule has 2 amide bonds. The maximum atomic E-state index is 12.0. The highest BCUT2D eigenvalue weighted by Gasteiger charge is 2.28. The Morgan fingerprint density at radius 2 is 2.12 bits per heavy atom. The summed E-state index contributed by atoms with van der Waals surface area (Å²) in [7, 11) is 1.75. The third-order valence-corrected chi connectivity index (χ3v) is 3.07. The largest absolute Gasteiger partial charge is 0.347 e. The van der Waals surface area contributed by atoms with Crippen molar-refractivity contribution in [3.63, 3.8) is 0 Å². The van der Waals surface area contributed by atoms with Crippen LogP contribution in [-0.4, -0.2) is 36.3 Å². The van der Waals surface area contributed by atoms with Crippen molar-refractivity contribution in [2.24, 2.45) is 0 Å². The summed E-state index contributed by atoms with van der Waals surface area (Å²) in [6.45, 7) is 2.50. The van der Waals surface area contributed by atoms with Crippen molar-refractivity contribution >= 4 is 11.8 Å². The van der Waals surface area contributed by atoms with Gasteiger partial charge in [0.1, 0.15) is 0 Å². The molecule has 0 saturated carbocycles. The summed E-state index contributed by atoms with van der Waals surface area (Å²) in [5.41, 5.74) is 1.62. The average molecular weight is 232 g/mol. The van der Waals surface area contributed by atoms with Crippen LogP contribution in [0.4, 0.5) is 0 Å². The molecule has 0 spiro atoms. The van der Waals surface area contributed by atoms with E-state index in [1.165, 1.54) is 0 Å². The Hall–Kier alpha value is -1.84. The number of hydrogen-bond donors (Lipinski definition) is 1. The number of aryl methyl sites for hydroxylation is 1. The van der Waals surface area contributed by atoms with Crippen LogP contribution in [0.15, 0.2) is 24.3 Å². The molecule has 1 atom stereocenters. The van der Waals surface area contributed by atoms with Crippen LogP contribution < -0.4 is 5.32 Å². The third-order valence-electron chi connectivity index (χ3n) is 3.07. The van der Waals surface area contributed by atoms with Crippen molar-refractivity contribution in [1.29, 1.82) is 0 Å². The van der Waals surface area contributed by atoms with Gasteiger partial charge in [-0.15, -0.1) is 0 Å². The van der Waals surface area contributed by atoms with Crippen LogP contribution >= 0.6 is 0 Å². The molecule has 1 saturated heterocycles. The van der Waals surface area contributed by atoms with Gasteiger partial charge < -0.3 is 10.2 Å². The van der Waals surface area contributed by atoms with Gasteiger partial charge in [-0.25, -0.2) is 0 Å². The molecule has 17 heavy (non-hydrogen) atoms. The van der Waals surface area contributed by atoms with Gasteiger partial charge in [0.05, 0.1) is 6.04 Å². The summed E-state index contributed by atoms with van der Waals surface area (Å²) in [5, 5.41) is 2.90. The van der Waals surface area contributed by atoms with Crippen LogP contribution in [0.25, 0.3) is 0 Å². The van der Waals surface area contributed by atoms with Crippen molar-refractivity contribution < 1.29 is 9.59 Å². The predicted octanol–water partition coefficient (Wildman–Crippen LogP) is 0.956. The molecule has 1 aromatic rings. The van der Waals surface area contributed by atoms with Crippen molar-refractivity contribution in [2.75, 3.05) is 13.6 Å². The summed E-state index contributed by atoms with van der Waals surface area (Å²) in [4.78, 5) is 25.0. The highest BCUT2D eigenvalue weighted by atomic mass is 16.2. The van der Waals surface area contributed by atoms with Gasteiger partial charge in [0.15, 0.2) is 0 Å². The van der Waals surface area contributed by atoms with Crippen molar-refractivity contribution in [3.05, 3.63) is 35.4 Å². The molecule has 2 rings (SSSR count). The topological polar surface area (TPSA) is 49.4 Å². The van der Waals surface area contributed by atoms with Gasteiger partial charge in [0.25, 0.3) is 5.91 Å². The van der Waals surface area contributed by atoms with Gasteiger partial charge in [-0.1, -0.05) is 18.2 Å². The van der Waals surface area contributed by atoms with E-state index in [0.717, 1.165) is 5.56 Å². The Labute approximate surface area is 101 Å². The van der Waals surface area contributed by atoms with Gasteiger partial charge >= 0.3 is 0 Å². The molecule has 1 heterocycles. The van der Waals surface area contributed by atoms with Gasteiger partial charge in [-0.3, -0.25) is 9.59 Å². The molecule has 4 nitrogen and oxygen atoms in total. The SMILES string of the molecule is Cc1ccccc1C(=O)NC1CC(=O)N(C)C1. The molecule has 1 N–H and O–H groups in total. The van der Waals surface area contributed by atoms with Gasteiger partial charge in [0.2, 0.25) is 5.91 Å². The second-order valence-electron chi connectivity index (χ2n) is 4.46. The van der Waals surface area contributed by atoms with E-state index >= 15 is 0 Å². The van der Waals surface area contributed by atoms with E-state index in [4.69, 9.17) is 0 Å². The minimum atomic E-state index is -0.101. The molecule has 90 valence electrons. The fraction of sp³-hybridized carbons (Fsp3) is 0.385. The Kier molecular flexibility index (Phi) is 3.13. The minimum Gasteiger partial charge on any atom is -0.347 e. The van der Waals surface area contributed by atoms with E-state index in [1.54, 1.807) is 18.0 Å². The summed E-state index contributed by atoms with van der Waals surface area (Å²) in [5.74, 6) is -0.0173. The zero-order valence-electron chi connectivity index (χ0n) is 10.1. The number of nitrogens with zero attached hydrogens (tertiary/aromatic N) is 1. The van der Waals surface area contributed by atoms with Crippen molar-refractivity contribution in [3.8, 4) is 0 Å². The van der Waals surface area contributed by atoms with Crippen LogP contribution in [0.5, 0.6) is 0 Å². The number of carbonyl (C=O) groups is 2. The van der Waals surface area contributed by atoms with Gasteiger partial charge in [-0.2, -0.15) is 0 Å². The Morgan fingerprint density at radius 1 is 1.41 bits per heavy atom. The van der Waals surface area contributed by atoms with E-state index in [9.17, 15) is 9.59 Å². The molecular formula is C13H16N2O2. The Morgan fingerprint density at radius 3 is 2.71 bits per heavy atom. The van der Waals surface area contributed by atoms with E-state index in [1.807, 2.05) is 25.1 Å². The van der Waals surface area contributed by atoms with Crippen molar-refractivity contribution in [1.82, 2.24) is 10.2 Å². The second-order valence-corrected chi connectivity index (χ2v) is 4.46. The number of likely N-dealkylation sites (tertiary alicyclic amines) is 1. The fourth-order valence-corrected chi connectivity index (χ4v) is 2.05. The lowest BCUT2D eigenvalue weighted by molar-refractivity contribution is -0.126. The lowest BCUT2D eigenvalue weighted by Gasteiger charge is -2.13. The maximum Gasteiger partial charge on any atom is 0.251 e. The highest BCUT2D eigenvalue weighted by Crippen LogP contribution is 2.11. The second kappa shape index (κ2) is 4.57. The van der Waals surface area contributed by atoms with E-state index < -0.39 is 0 Å². The molecule has 0 aliphatic carbocycles. The first-order valence-electron chi connectivity index (χ1n) is 5.68. The third kappa shape index (κ3) is 2.46. The summed E-state index contributed by atoms with van der Waals surface area (Å²) >= 11 is 0. The van der Waals surface area contributed by atoms with Crippen molar-refractivity contribution in [2.45, 2.75) is 19.4 Å². The number of benzene rings is 1. The van der Waals surface area contributed by atoms with E-state index in [0.29, 0.717) is 18.5 Å². The highest BCUT2D eigenvalue weighted by molar-refractivity contribution is 5.96. The number of carbonyl (C=O) groups excluding carboxylic acids is 2. The molecule has 0 aromatic heterocycles. The van der Waals surface area contributed by atoms with Gasteiger partial charge in [-0.05, 0) is 18.6 Å². The number of likely N-dealkylation sites (N-methyl/N-ethyl adjacent to an activating group) is 1. The monoisotopic (exact) mass is 232 g/mol. The number of hydrogen-bond acceptors (Lipinski definition) is 2. The summed E-state index contributed by atoms with van der Waals surface area (Å²) < 4.78 is 0. The zero-order valence-corrected chi connectivity index (χ0v) is 10.1. The molecule has 0 bridgehead atoms. The minimum absolute atomic E-state index is 0.0698. The molecule has 0 radical (unpaired) electrons. The van der Waals surface area contributed by atoms with Crippen LogP contribution in [0.2, 0.25) is 0 Å². The van der Waals surface area contributed by atoms with Crippen LogP contribution in [0.3, 0.4) is 0 Å². The molecule has 1 aromatic carbocycles. The predicted molar refractivity (Wildman–Crippen MR) is 64.7 cm³/mol. The summed E-state index contributed by atoms with van der Waals surface area (Å²) in [6.07, 6.45) is 0.397. The number of nitrogens with one attached hydrogen (secondary N) is 1. The molecule has 1 aliphatic heterocycles. The first-order valence-corrected chi connectivity index (χ1v) is 5.68. The Balaban J connectivity index is 2.03. The molecule has 1 aliphatic rings. The van der Waals surface area contributed by atoms with Gasteiger partial charge in [0, 0.05) is 25.6 Å². The maximum absolute atomic E-state index is 12.0. The molecule has 1 fully saturated rings. The standard InChI is InChI=1S/C13H16N2O2/c1-9-5-3-4-6-11(9)13(17)14-10-7-12(16)15(2)8-10/h3-6,10H,7-8H2,1-2H3,(H,14,17). The van der Waals surface area contributed by atoms with E-state index in [-0.39, 0.29) is 17.9 Å². The van der Waals surface area contributed by atoms with Crippen LogP contribution in [0, 0.1) is 6.92 Å². The fourth-order valence-electron chi connectivity index (χ4n) is 2.05. The first-order chi connectivity index (χ1) is 8.08. The molecule has 4 heteroatoms. The van der Waals surface area contributed by atoms with E-state index in [2.05, 4.69) is 5.32 Å².